The molecule has 1 aromatic rings. The summed E-state index contributed by atoms with van der Waals surface area (Å²) in [5.74, 6) is 0.591. The van der Waals surface area contributed by atoms with Gasteiger partial charge in [0.1, 0.15) is 0 Å². The molecule has 100 valence electrons. The van der Waals surface area contributed by atoms with Gasteiger partial charge in [0.25, 0.3) is 0 Å². The average Bonchev–Trinajstić information content (AvgIpc) is 2.41. The van der Waals surface area contributed by atoms with Crippen molar-refractivity contribution in [3.8, 4) is 0 Å². The Bertz CT molecular complexity index is 393. The second-order valence-electron chi connectivity index (χ2n) is 5.22. The third-order valence-corrected chi connectivity index (χ3v) is 4.96. The second-order valence-corrected chi connectivity index (χ2v) is 6.07. The fraction of sp³-hybridized carbons (Fsp3) is 0.600. The lowest BCUT2D eigenvalue weighted by atomic mass is 9.84. The number of piperidine rings is 1. The Morgan fingerprint density at radius 2 is 2.22 bits per heavy atom. The average molecular weight is 311 g/mol. The van der Waals surface area contributed by atoms with E-state index in [-0.39, 0.29) is 0 Å². The molecule has 1 heterocycles. The molecular formula is C15H23BrN2. The maximum absolute atomic E-state index is 5.98. The van der Waals surface area contributed by atoms with Crippen molar-refractivity contribution in [1.82, 2.24) is 4.90 Å². The molecule has 1 aromatic carbocycles. The first kappa shape index (κ1) is 14.0. The summed E-state index contributed by atoms with van der Waals surface area (Å²) in [4.78, 5) is 2.57. The molecule has 0 spiro atoms. The van der Waals surface area contributed by atoms with Crippen LogP contribution in [0.25, 0.3) is 0 Å². The number of benzene rings is 1. The minimum Gasteiger partial charge on any atom is -0.330 e. The van der Waals surface area contributed by atoms with Gasteiger partial charge in [-0.25, -0.2) is 0 Å². The van der Waals surface area contributed by atoms with Crippen LogP contribution in [0.2, 0.25) is 0 Å². The van der Waals surface area contributed by atoms with E-state index in [0.717, 1.165) is 13.1 Å². The largest absolute Gasteiger partial charge is 0.330 e. The van der Waals surface area contributed by atoms with Crippen molar-refractivity contribution >= 4 is 15.9 Å². The number of hydrogen-bond donors (Lipinski definition) is 1. The molecule has 2 rings (SSSR count). The fourth-order valence-electron chi connectivity index (χ4n) is 3.03. The normalized spacial score (nSPS) is 25.3. The van der Waals surface area contributed by atoms with Crippen LogP contribution in [0.3, 0.4) is 0 Å². The summed E-state index contributed by atoms with van der Waals surface area (Å²) in [6.07, 6.45) is 2.53. The van der Waals surface area contributed by atoms with Gasteiger partial charge in [0.05, 0.1) is 0 Å². The van der Waals surface area contributed by atoms with Gasteiger partial charge < -0.3 is 5.73 Å². The van der Waals surface area contributed by atoms with Crippen LogP contribution < -0.4 is 5.73 Å². The first-order valence-corrected chi connectivity index (χ1v) is 7.66. The van der Waals surface area contributed by atoms with Crippen LogP contribution in [0.4, 0.5) is 0 Å². The summed E-state index contributed by atoms with van der Waals surface area (Å²) in [6, 6.07) is 7.23. The van der Waals surface area contributed by atoms with Gasteiger partial charge in [0.2, 0.25) is 0 Å². The molecule has 1 saturated heterocycles. The number of likely N-dealkylation sites (tertiary alicyclic amines) is 1. The van der Waals surface area contributed by atoms with Gasteiger partial charge in [-0.2, -0.15) is 0 Å². The van der Waals surface area contributed by atoms with Crippen LogP contribution in [-0.4, -0.2) is 24.5 Å². The van der Waals surface area contributed by atoms with E-state index in [1.54, 1.807) is 0 Å². The number of halogens is 1. The van der Waals surface area contributed by atoms with Crippen LogP contribution in [0, 0.1) is 12.8 Å². The molecule has 2 N–H and O–H groups in total. The number of nitrogens with zero attached hydrogens (tertiary/aromatic N) is 1. The number of rotatable bonds is 3. The van der Waals surface area contributed by atoms with Crippen LogP contribution in [0.15, 0.2) is 22.7 Å². The van der Waals surface area contributed by atoms with Crippen molar-refractivity contribution in [2.75, 3.05) is 19.6 Å². The monoisotopic (exact) mass is 310 g/mol. The van der Waals surface area contributed by atoms with Gasteiger partial charge in [-0.05, 0) is 62.5 Å². The standard InChI is InChI=1S/C15H23BrN2/c1-3-18-8-4-5-13(10-17)15(18)12-7-6-11(2)14(16)9-12/h6-7,9,13,15H,3-5,8,10,17H2,1-2H3. The van der Waals surface area contributed by atoms with E-state index in [1.807, 2.05) is 0 Å². The molecule has 18 heavy (non-hydrogen) atoms. The van der Waals surface area contributed by atoms with E-state index < -0.39 is 0 Å². The highest BCUT2D eigenvalue weighted by Gasteiger charge is 2.30. The van der Waals surface area contributed by atoms with E-state index in [4.69, 9.17) is 5.73 Å². The Morgan fingerprint density at radius 1 is 1.44 bits per heavy atom. The van der Waals surface area contributed by atoms with Crippen molar-refractivity contribution < 1.29 is 0 Å². The van der Waals surface area contributed by atoms with Gasteiger partial charge in [-0.3, -0.25) is 4.90 Å². The zero-order chi connectivity index (χ0) is 13.1. The van der Waals surface area contributed by atoms with Gasteiger partial charge in [0.15, 0.2) is 0 Å². The topological polar surface area (TPSA) is 29.3 Å². The van der Waals surface area contributed by atoms with Gasteiger partial charge >= 0.3 is 0 Å². The summed E-state index contributed by atoms with van der Waals surface area (Å²) in [5, 5.41) is 0. The van der Waals surface area contributed by atoms with Crippen LogP contribution >= 0.6 is 15.9 Å². The number of hydrogen-bond acceptors (Lipinski definition) is 2. The molecule has 0 bridgehead atoms. The summed E-state index contributed by atoms with van der Waals surface area (Å²) in [7, 11) is 0. The molecular weight excluding hydrogens is 288 g/mol. The highest BCUT2D eigenvalue weighted by Crippen LogP contribution is 2.36. The number of aryl methyl sites for hydroxylation is 1. The first-order valence-electron chi connectivity index (χ1n) is 6.87. The van der Waals surface area contributed by atoms with Crippen LogP contribution in [-0.2, 0) is 0 Å². The zero-order valence-electron chi connectivity index (χ0n) is 11.3. The molecule has 0 aliphatic carbocycles. The summed E-state index contributed by atoms with van der Waals surface area (Å²) in [6.45, 7) is 7.46. The maximum Gasteiger partial charge on any atom is 0.0388 e. The Kier molecular flexibility index (Phi) is 4.82. The second kappa shape index (κ2) is 6.18. The van der Waals surface area contributed by atoms with Crippen molar-refractivity contribution in [3.63, 3.8) is 0 Å². The van der Waals surface area contributed by atoms with E-state index in [9.17, 15) is 0 Å². The van der Waals surface area contributed by atoms with Crippen molar-refractivity contribution in [2.24, 2.45) is 11.7 Å². The third-order valence-electron chi connectivity index (χ3n) is 4.11. The van der Waals surface area contributed by atoms with E-state index in [1.165, 1.54) is 35.0 Å². The third kappa shape index (κ3) is 2.79. The summed E-state index contributed by atoms with van der Waals surface area (Å²) in [5.41, 5.74) is 8.68. The Morgan fingerprint density at radius 3 is 2.83 bits per heavy atom. The van der Waals surface area contributed by atoms with Crippen molar-refractivity contribution in [3.05, 3.63) is 33.8 Å². The van der Waals surface area contributed by atoms with E-state index in [2.05, 4.69) is 52.9 Å². The maximum atomic E-state index is 5.98. The highest BCUT2D eigenvalue weighted by atomic mass is 79.9. The van der Waals surface area contributed by atoms with Crippen LogP contribution in [0.5, 0.6) is 0 Å². The fourth-order valence-corrected chi connectivity index (χ4v) is 3.43. The predicted octanol–water partition coefficient (Wildman–Crippen LogP) is 3.49. The Labute approximate surface area is 119 Å². The minimum atomic E-state index is 0.491. The van der Waals surface area contributed by atoms with Gasteiger partial charge in [-0.1, -0.05) is 35.0 Å². The molecule has 0 saturated carbocycles. The molecule has 0 aromatic heterocycles. The molecule has 0 amide bonds. The molecule has 0 radical (unpaired) electrons. The molecule has 3 heteroatoms. The summed E-state index contributed by atoms with van der Waals surface area (Å²) < 4.78 is 1.21. The lowest BCUT2D eigenvalue weighted by Gasteiger charge is -2.41. The van der Waals surface area contributed by atoms with Gasteiger partial charge in [0, 0.05) is 10.5 Å². The lowest BCUT2D eigenvalue weighted by molar-refractivity contribution is 0.102. The van der Waals surface area contributed by atoms with E-state index >= 15 is 0 Å². The molecule has 1 fully saturated rings. The highest BCUT2D eigenvalue weighted by molar-refractivity contribution is 9.10. The predicted molar refractivity (Wildman–Crippen MR) is 80.6 cm³/mol. The number of nitrogens with two attached hydrogens (primary N) is 1. The van der Waals surface area contributed by atoms with Gasteiger partial charge in [-0.15, -0.1) is 0 Å². The zero-order valence-corrected chi connectivity index (χ0v) is 12.9. The lowest BCUT2D eigenvalue weighted by Crippen LogP contribution is -2.41. The Balaban J connectivity index is 2.32. The van der Waals surface area contributed by atoms with Crippen molar-refractivity contribution in [2.45, 2.75) is 32.7 Å². The molecule has 1 aliphatic heterocycles. The van der Waals surface area contributed by atoms with Crippen LogP contribution in [0.1, 0.15) is 36.9 Å². The Hall–Kier alpha value is -0.380. The first-order chi connectivity index (χ1) is 8.67. The molecule has 1 aliphatic rings. The smallest absolute Gasteiger partial charge is 0.0388 e. The summed E-state index contributed by atoms with van der Waals surface area (Å²) >= 11 is 3.65. The minimum absolute atomic E-state index is 0.491. The van der Waals surface area contributed by atoms with E-state index in [0.29, 0.717) is 12.0 Å². The molecule has 2 unspecified atom stereocenters. The quantitative estimate of drug-likeness (QED) is 0.926. The molecule has 2 nitrogen and oxygen atoms in total. The SMILES string of the molecule is CCN1CCCC(CN)C1c1ccc(C)c(Br)c1. The molecule has 2 atom stereocenters. The van der Waals surface area contributed by atoms with Crippen molar-refractivity contribution in [1.29, 1.82) is 0 Å².